The largest absolute Gasteiger partial charge is 0.479 e. The van der Waals surface area contributed by atoms with E-state index in [9.17, 15) is 9.59 Å². The highest BCUT2D eigenvalue weighted by molar-refractivity contribution is 6.31. The molecule has 2 N–H and O–H groups in total. The number of Topliss-reactive ketones (excluding diaryl/α,β-unsaturated/α-hetero) is 1. The summed E-state index contributed by atoms with van der Waals surface area (Å²) in [6, 6.07) is 4.91. The van der Waals surface area contributed by atoms with Gasteiger partial charge in [0.25, 0.3) is 5.91 Å². The van der Waals surface area contributed by atoms with Crippen molar-refractivity contribution in [2.45, 2.75) is 49.3 Å². The van der Waals surface area contributed by atoms with Crippen LogP contribution in [0.3, 0.4) is 0 Å². The van der Waals surface area contributed by atoms with E-state index in [1.165, 1.54) is 0 Å². The summed E-state index contributed by atoms with van der Waals surface area (Å²) in [5.74, 6) is 0.148. The maximum Gasteiger partial charge on any atom is 0.261 e. The van der Waals surface area contributed by atoms with Crippen LogP contribution in [0.4, 0.5) is 0 Å². The van der Waals surface area contributed by atoms with E-state index >= 15 is 0 Å². The van der Waals surface area contributed by atoms with Crippen LogP contribution in [-0.4, -0.2) is 35.9 Å². The summed E-state index contributed by atoms with van der Waals surface area (Å²) < 4.78 is 5.74. The molecule has 0 spiro atoms. The van der Waals surface area contributed by atoms with Crippen LogP contribution in [0.5, 0.6) is 5.75 Å². The number of fused-ring (bicyclic) bond motifs is 2. The molecule has 1 aromatic rings. The zero-order valence-electron chi connectivity index (χ0n) is 12.9. The van der Waals surface area contributed by atoms with Gasteiger partial charge >= 0.3 is 0 Å². The Kier molecular flexibility index (Phi) is 3.22. The second-order valence-corrected chi connectivity index (χ2v) is 7.46. The van der Waals surface area contributed by atoms with Crippen molar-refractivity contribution in [3.8, 4) is 5.75 Å². The molecule has 1 aliphatic heterocycles. The van der Waals surface area contributed by atoms with Crippen molar-refractivity contribution in [2.75, 3.05) is 7.05 Å². The minimum absolute atomic E-state index is 0.0619. The average Bonchev–Trinajstić information content (AvgIpc) is 3.03. The molecular weight excluding hydrogens is 316 g/mol. The molecule has 1 heterocycles. The van der Waals surface area contributed by atoms with Gasteiger partial charge in [-0.2, -0.15) is 0 Å². The van der Waals surface area contributed by atoms with Crippen LogP contribution in [0.1, 0.15) is 42.5 Å². The topological polar surface area (TPSA) is 67.4 Å². The van der Waals surface area contributed by atoms with Gasteiger partial charge in [-0.15, -0.1) is 0 Å². The molecule has 3 aliphatic carbocycles. The first kappa shape index (κ1) is 15.0. The van der Waals surface area contributed by atoms with Crippen LogP contribution in [0.2, 0.25) is 5.02 Å². The van der Waals surface area contributed by atoms with E-state index in [2.05, 4.69) is 10.6 Å². The van der Waals surface area contributed by atoms with Crippen molar-refractivity contribution in [1.82, 2.24) is 10.6 Å². The summed E-state index contributed by atoms with van der Waals surface area (Å²) in [5.41, 5.74) is 0.533. The van der Waals surface area contributed by atoms with Gasteiger partial charge in [0.2, 0.25) is 0 Å². The van der Waals surface area contributed by atoms with E-state index in [1.54, 1.807) is 18.2 Å². The summed E-state index contributed by atoms with van der Waals surface area (Å²) in [4.78, 5) is 24.8. The lowest BCUT2D eigenvalue weighted by Gasteiger charge is -2.48. The summed E-state index contributed by atoms with van der Waals surface area (Å²) >= 11 is 5.91. The molecule has 0 aromatic heterocycles. The maximum absolute atomic E-state index is 12.6. The highest BCUT2D eigenvalue weighted by Crippen LogP contribution is 2.54. The van der Waals surface area contributed by atoms with Crippen LogP contribution in [-0.2, 0) is 4.79 Å². The van der Waals surface area contributed by atoms with Crippen molar-refractivity contribution < 1.29 is 14.3 Å². The fraction of sp³-hybridized carbons (Fsp3) is 0.529. The minimum Gasteiger partial charge on any atom is -0.479 e. The Morgan fingerprint density at radius 1 is 1.30 bits per heavy atom. The van der Waals surface area contributed by atoms with Gasteiger partial charge < -0.3 is 15.4 Å². The summed E-state index contributed by atoms with van der Waals surface area (Å²) in [5, 5.41) is 6.98. The lowest BCUT2D eigenvalue weighted by Crippen LogP contribution is -2.64. The Hall–Kier alpha value is -1.59. The van der Waals surface area contributed by atoms with Crippen molar-refractivity contribution in [2.24, 2.45) is 0 Å². The normalized spacial score (nSPS) is 34.3. The zero-order chi connectivity index (χ0) is 16.2. The van der Waals surface area contributed by atoms with Gasteiger partial charge in [-0.1, -0.05) is 11.6 Å². The Labute approximate surface area is 139 Å². The lowest BCUT2D eigenvalue weighted by molar-refractivity contribution is -0.131. The number of hydrogen-bond donors (Lipinski definition) is 2. The number of ketones is 1. The van der Waals surface area contributed by atoms with Crippen molar-refractivity contribution >= 4 is 23.3 Å². The third kappa shape index (κ3) is 2.34. The molecule has 1 amide bonds. The first-order valence-corrected chi connectivity index (χ1v) is 8.32. The number of carbonyl (C=O) groups is 2. The van der Waals surface area contributed by atoms with Gasteiger partial charge in [-0.05, 0) is 50.9 Å². The Morgan fingerprint density at radius 3 is 2.74 bits per heavy atom. The van der Waals surface area contributed by atoms with Crippen molar-refractivity contribution in [1.29, 1.82) is 0 Å². The van der Waals surface area contributed by atoms with Gasteiger partial charge in [0.15, 0.2) is 11.9 Å². The standard InChI is InChI=1S/C17H19ClN2O3/c1-19-16-4-5-17(8-16,9-16)20-15(22)14-7-12(21)11-6-10(18)2-3-13(11)23-14/h2-3,6,14,19H,4-5,7-9H2,1H3,(H,20,22). The SMILES string of the molecule is CNC12CCC(NC(=O)C3CC(=O)c4cc(Cl)ccc4O3)(C1)C2. The fourth-order valence-corrected chi connectivity index (χ4v) is 4.48. The maximum atomic E-state index is 12.6. The molecule has 5 rings (SSSR count). The molecule has 3 fully saturated rings. The number of ether oxygens (including phenoxy) is 1. The Morgan fingerprint density at radius 2 is 2.04 bits per heavy atom. The molecule has 5 nitrogen and oxygen atoms in total. The molecule has 4 aliphatic rings. The monoisotopic (exact) mass is 334 g/mol. The molecule has 1 atom stereocenters. The smallest absolute Gasteiger partial charge is 0.261 e. The molecule has 2 bridgehead atoms. The van der Waals surface area contributed by atoms with E-state index in [-0.39, 0.29) is 29.2 Å². The second-order valence-electron chi connectivity index (χ2n) is 7.03. The summed E-state index contributed by atoms with van der Waals surface area (Å²) in [6.45, 7) is 0. The van der Waals surface area contributed by atoms with Crippen LogP contribution in [0.25, 0.3) is 0 Å². The second kappa shape index (κ2) is 4.95. The summed E-state index contributed by atoms with van der Waals surface area (Å²) in [7, 11) is 1.97. The van der Waals surface area contributed by atoms with Crippen LogP contribution >= 0.6 is 11.6 Å². The van der Waals surface area contributed by atoms with Crippen molar-refractivity contribution in [3.63, 3.8) is 0 Å². The quantitative estimate of drug-likeness (QED) is 0.888. The number of halogens is 1. The van der Waals surface area contributed by atoms with Gasteiger partial charge in [-0.3, -0.25) is 9.59 Å². The highest BCUT2D eigenvalue weighted by Gasteiger charge is 2.61. The Bertz CT molecular complexity index is 697. The van der Waals surface area contributed by atoms with E-state index in [0.717, 1.165) is 25.7 Å². The average molecular weight is 335 g/mol. The molecule has 0 radical (unpaired) electrons. The third-order valence-corrected chi connectivity index (χ3v) is 5.76. The first-order valence-electron chi connectivity index (χ1n) is 7.95. The molecule has 1 aromatic carbocycles. The molecule has 23 heavy (non-hydrogen) atoms. The zero-order valence-corrected chi connectivity index (χ0v) is 13.7. The van der Waals surface area contributed by atoms with Crippen LogP contribution in [0.15, 0.2) is 18.2 Å². The molecule has 3 saturated carbocycles. The Balaban J connectivity index is 1.47. The lowest BCUT2D eigenvalue weighted by atomic mass is 9.71. The number of nitrogens with one attached hydrogen (secondary N) is 2. The van der Waals surface area contributed by atoms with E-state index in [0.29, 0.717) is 16.3 Å². The molecule has 122 valence electrons. The molecule has 0 saturated heterocycles. The van der Waals surface area contributed by atoms with E-state index in [1.807, 2.05) is 7.05 Å². The van der Waals surface area contributed by atoms with Crippen LogP contribution in [0, 0.1) is 0 Å². The number of benzene rings is 1. The molecule has 1 unspecified atom stereocenters. The van der Waals surface area contributed by atoms with Crippen molar-refractivity contribution in [3.05, 3.63) is 28.8 Å². The van der Waals surface area contributed by atoms with E-state index in [4.69, 9.17) is 16.3 Å². The number of amides is 1. The third-order valence-electron chi connectivity index (χ3n) is 5.53. The predicted molar refractivity (Wildman–Crippen MR) is 85.9 cm³/mol. The van der Waals surface area contributed by atoms with Gasteiger partial charge in [0.1, 0.15) is 5.75 Å². The highest BCUT2D eigenvalue weighted by atomic mass is 35.5. The van der Waals surface area contributed by atoms with Gasteiger partial charge in [-0.25, -0.2) is 0 Å². The minimum atomic E-state index is -0.754. The summed E-state index contributed by atoms with van der Waals surface area (Å²) in [6.07, 6.45) is 3.27. The van der Waals surface area contributed by atoms with Crippen LogP contribution < -0.4 is 15.4 Å². The number of hydrogen-bond acceptors (Lipinski definition) is 4. The van der Waals surface area contributed by atoms with E-state index < -0.39 is 6.10 Å². The van der Waals surface area contributed by atoms with Gasteiger partial charge in [0.05, 0.1) is 12.0 Å². The predicted octanol–water partition coefficient (Wildman–Crippen LogP) is 2.07. The number of rotatable bonds is 3. The molecule has 6 heteroatoms. The molecular formula is C17H19ClN2O3. The fourth-order valence-electron chi connectivity index (χ4n) is 4.31. The first-order chi connectivity index (χ1) is 10.9. The number of carbonyl (C=O) groups excluding carboxylic acids is 2. The van der Waals surface area contributed by atoms with Gasteiger partial charge in [0, 0.05) is 16.1 Å².